The fourth-order valence-electron chi connectivity index (χ4n) is 2.74. The predicted molar refractivity (Wildman–Crippen MR) is 80.4 cm³/mol. The molecule has 0 saturated carbocycles. The molecule has 3 atom stereocenters. The monoisotopic (exact) mass is 327 g/mol. The number of halogens is 1. The summed E-state index contributed by atoms with van der Waals surface area (Å²) in [7, 11) is 0. The Hall–Kier alpha value is -0.580. The Morgan fingerprint density at radius 1 is 1.47 bits per heavy atom. The summed E-state index contributed by atoms with van der Waals surface area (Å²) in [6.45, 7) is 5.63. The fourth-order valence-corrected chi connectivity index (χ4v) is 3.25. The molecule has 3 unspecified atom stereocenters. The van der Waals surface area contributed by atoms with Crippen LogP contribution in [0.15, 0.2) is 22.7 Å². The molecule has 1 aromatic rings. The lowest BCUT2D eigenvalue weighted by Gasteiger charge is -2.24. The molecule has 2 N–H and O–H groups in total. The zero-order chi connectivity index (χ0) is 13.8. The summed E-state index contributed by atoms with van der Waals surface area (Å²) >= 11 is 3.55. The molecule has 1 fully saturated rings. The zero-order valence-electron chi connectivity index (χ0n) is 11.6. The molecule has 0 spiro atoms. The summed E-state index contributed by atoms with van der Waals surface area (Å²) in [5, 5.41) is 0. The molecule has 1 saturated heterocycles. The van der Waals surface area contributed by atoms with Gasteiger partial charge in [-0.05, 0) is 53.4 Å². The van der Waals surface area contributed by atoms with Crippen LogP contribution in [0, 0.1) is 5.92 Å². The third-order valence-electron chi connectivity index (χ3n) is 3.76. The van der Waals surface area contributed by atoms with Crippen molar-refractivity contribution in [2.45, 2.75) is 38.8 Å². The second-order valence-electron chi connectivity index (χ2n) is 4.92. The van der Waals surface area contributed by atoms with Gasteiger partial charge in [0.25, 0.3) is 0 Å². The van der Waals surface area contributed by atoms with Gasteiger partial charge in [-0.2, -0.15) is 0 Å². The highest BCUT2D eigenvalue weighted by molar-refractivity contribution is 9.10. The van der Waals surface area contributed by atoms with Crippen molar-refractivity contribution >= 4 is 15.9 Å². The van der Waals surface area contributed by atoms with Gasteiger partial charge < -0.3 is 15.2 Å². The van der Waals surface area contributed by atoms with Gasteiger partial charge in [0.05, 0.1) is 17.2 Å². The van der Waals surface area contributed by atoms with E-state index < -0.39 is 0 Å². The van der Waals surface area contributed by atoms with Gasteiger partial charge in [-0.25, -0.2) is 0 Å². The van der Waals surface area contributed by atoms with E-state index in [1.165, 1.54) is 0 Å². The first-order chi connectivity index (χ1) is 9.17. The number of hydrogen-bond donors (Lipinski definition) is 1. The lowest BCUT2D eigenvalue weighted by atomic mass is 9.87. The molecule has 3 nitrogen and oxygen atoms in total. The quantitative estimate of drug-likeness (QED) is 0.897. The van der Waals surface area contributed by atoms with Gasteiger partial charge in [-0.3, -0.25) is 0 Å². The van der Waals surface area contributed by atoms with Crippen LogP contribution >= 0.6 is 15.9 Å². The molecule has 19 heavy (non-hydrogen) atoms. The van der Waals surface area contributed by atoms with Crippen LogP contribution in [0.25, 0.3) is 0 Å². The molecule has 0 radical (unpaired) electrons. The zero-order valence-corrected chi connectivity index (χ0v) is 13.2. The van der Waals surface area contributed by atoms with Crippen LogP contribution in [0.4, 0.5) is 0 Å². The molecule has 1 aliphatic rings. The Morgan fingerprint density at radius 3 is 2.89 bits per heavy atom. The van der Waals surface area contributed by atoms with E-state index in [2.05, 4.69) is 35.0 Å². The van der Waals surface area contributed by atoms with Crippen molar-refractivity contribution in [3.05, 3.63) is 28.2 Å². The smallest absolute Gasteiger partial charge is 0.133 e. The largest absolute Gasteiger partial charge is 0.493 e. The summed E-state index contributed by atoms with van der Waals surface area (Å²) in [5.74, 6) is 1.28. The first-order valence-corrected chi connectivity index (χ1v) is 7.76. The molecule has 2 rings (SSSR count). The maximum atomic E-state index is 6.42. The SMILES string of the molecule is CCOc1ccc(C(N)C2CCOC2CC)cc1Br. The second-order valence-corrected chi connectivity index (χ2v) is 5.77. The predicted octanol–water partition coefficient (Wildman–Crippen LogP) is 3.66. The average molecular weight is 328 g/mol. The Labute approximate surface area is 123 Å². The van der Waals surface area contributed by atoms with Crippen LogP contribution < -0.4 is 10.5 Å². The first-order valence-electron chi connectivity index (χ1n) is 6.96. The van der Waals surface area contributed by atoms with E-state index in [1.807, 2.05) is 13.0 Å². The number of nitrogens with two attached hydrogens (primary N) is 1. The van der Waals surface area contributed by atoms with Crippen LogP contribution in [0.5, 0.6) is 5.75 Å². The van der Waals surface area contributed by atoms with Crippen LogP contribution in [0.1, 0.15) is 38.3 Å². The molecule has 0 aliphatic carbocycles. The summed E-state index contributed by atoms with van der Waals surface area (Å²) in [6, 6.07) is 6.14. The molecule has 0 bridgehead atoms. The molecule has 1 aromatic carbocycles. The van der Waals surface area contributed by atoms with Gasteiger partial charge in [0.1, 0.15) is 5.75 Å². The van der Waals surface area contributed by atoms with Crippen molar-refractivity contribution in [3.8, 4) is 5.75 Å². The second kappa shape index (κ2) is 6.73. The number of hydrogen-bond acceptors (Lipinski definition) is 3. The van der Waals surface area contributed by atoms with Crippen LogP contribution in [0.2, 0.25) is 0 Å². The minimum Gasteiger partial charge on any atom is -0.493 e. The lowest BCUT2D eigenvalue weighted by Crippen LogP contribution is -2.28. The van der Waals surface area contributed by atoms with Crippen molar-refractivity contribution in [3.63, 3.8) is 0 Å². The minimum atomic E-state index is 0.0272. The maximum absolute atomic E-state index is 6.42. The summed E-state index contributed by atoms with van der Waals surface area (Å²) in [4.78, 5) is 0. The molecule has 4 heteroatoms. The minimum absolute atomic E-state index is 0.0272. The van der Waals surface area contributed by atoms with E-state index in [0.717, 1.165) is 35.2 Å². The van der Waals surface area contributed by atoms with E-state index in [1.54, 1.807) is 0 Å². The molecular weight excluding hydrogens is 306 g/mol. The van der Waals surface area contributed by atoms with Gasteiger partial charge in [0, 0.05) is 18.6 Å². The fraction of sp³-hybridized carbons (Fsp3) is 0.600. The van der Waals surface area contributed by atoms with E-state index in [9.17, 15) is 0 Å². The highest BCUT2D eigenvalue weighted by atomic mass is 79.9. The Bertz CT molecular complexity index is 425. The molecule has 0 amide bonds. The van der Waals surface area contributed by atoms with Crippen molar-refractivity contribution in [1.29, 1.82) is 0 Å². The van der Waals surface area contributed by atoms with Gasteiger partial charge in [0.2, 0.25) is 0 Å². The first kappa shape index (κ1) is 14.8. The van der Waals surface area contributed by atoms with Crippen molar-refractivity contribution < 1.29 is 9.47 Å². The van der Waals surface area contributed by atoms with E-state index >= 15 is 0 Å². The molecule has 1 aliphatic heterocycles. The molecule has 106 valence electrons. The normalized spacial score (nSPS) is 24.4. The maximum Gasteiger partial charge on any atom is 0.133 e. The lowest BCUT2D eigenvalue weighted by molar-refractivity contribution is 0.0813. The highest BCUT2D eigenvalue weighted by Gasteiger charge is 2.32. The van der Waals surface area contributed by atoms with Crippen molar-refractivity contribution in [1.82, 2.24) is 0 Å². The Morgan fingerprint density at radius 2 is 2.26 bits per heavy atom. The molecule has 0 aromatic heterocycles. The Balaban J connectivity index is 2.15. The summed E-state index contributed by atoms with van der Waals surface area (Å²) < 4.78 is 12.2. The summed E-state index contributed by atoms with van der Waals surface area (Å²) in [5.41, 5.74) is 7.56. The van der Waals surface area contributed by atoms with Gasteiger partial charge in [-0.1, -0.05) is 13.0 Å². The number of ether oxygens (including phenoxy) is 2. The van der Waals surface area contributed by atoms with Gasteiger partial charge in [-0.15, -0.1) is 0 Å². The van der Waals surface area contributed by atoms with Crippen molar-refractivity contribution in [2.75, 3.05) is 13.2 Å². The van der Waals surface area contributed by atoms with E-state index in [4.69, 9.17) is 15.2 Å². The summed E-state index contributed by atoms with van der Waals surface area (Å²) in [6.07, 6.45) is 2.36. The standard InChI is InChI=1S/C15H22BrNO2/c1-3-13-11(7-8-19-13)15(17)10-5-6-14(18-4-2)12(16)9-10/h5-6,9,11,13,15H,3-4,7-8,17H2,1-2H3. The van der Waals surface area contributed by atoms with Crippen LogP contribution in [-0.2, 0) is 4.74 Å². The number of rotatable bonds is 5. The third kappa shape index (κ3) is 3.30. The van der Waals surface area contributed by atoms with E-state index in [0.29, 0.717) is 18.6 Å². The third-order valence-corrected chi connectivity index (χ3v) is 4.38. The molecule has 1 heterocycles. The van der Waals surface area contributed by atoms with Gasteiger partial charge >= 0.3 is 0 Å². The highest BCUT2D eigenvalue weighted by Crippen LogP contribution is 2.36. The van der Waals surface area contributed by atoms with Gasteiger partial charge in [0.15, 0.2) is 0 Å². The topological polar surface area (TPSA) is 44.5 Å². The van der Waals surface area contributed by atoms with E-state index in [-0.39, 0.29) is 6.04 Å². The van der Waals surface area contributed by atoms with Crippen LogP contribution in [-0.4, -0.2) is 19.3 Å². The molecular formula is C15H22BrNO2. The van der Waals surface area contributed by atoms with Crippen molar-refractivity contribution in [2.24, 2.45) is 11.7 Å². The number of benzene rings is 1. The van der Waals surface area contributed by atoms with Crippen LogP contribution in [0.3, 0.4) is 0 Å². The average Bonchev–Trinajstić information content (AvgIpc) is 2.88. The Kier molecular flexibility index (Phi) is 5.25.